The van der Waals surface area contributed by atoms with Crippen LogP contribution in [0.1, 0.15) is 5.76 Å². The minimum Gasteiger partial charge on any atom is -0.457 e. The third-order valence-electron chi connectivity index (χ3n) is 1.88. The first kappa shape index (κ1) is 9.83. The van der Waals surface area contributed by atoms with Gasteiger partial charge in [0.15, 0.2) is 0 Å². The van der Waals surface area contributed by atoms with Crippen molar-refractivity contribution in [3.63, 3.8) is 0 Å². The highest BCUT2D eigenvalue weighted by atomic mass is 19.4. The fraction of sp³-hybridized carbons (Fsp3) is 0.0909. The minimum absolute atomic E-state index is 0.157. The number of rotatable bonds is 1. The topological polar surface area (TPSA) is 13.1 Å². The van der Waals surface area contributed by atoms with Crippen molar-refractivity contribution in [3.8, 4) is 0 Å². The molecule has 2 aromatic rings. The summed E-state index contributed by atoms with van der Waals surface area (Å²) < 4.78 is 40.8. The summed E-state index contributed by atoms with van der Waals surface area (Å²) in [5.74, 6) is 0.202. The van der Waals surface area contributed by atoms with Crippen molar-refractivity contribution in [3.05, 3.63) is 42.2 Å². The zero-order valence-corrected chi connectivity index (χ0v) is 7.58. The minimum atomic E-state index is -4.31. The monoisotopic (exact) mass is 212 g/mol. The molecule has 0 aliphatic rings. The molecule has 0 unspecified atom stereocenters. The summed E-state index contributed by atoms with van der Waals surface area (Å²) >= 11 is 0. The van der Waals surface area contributed by atoms with Crippen LogP contribution >= 0.6 is 0 Å². The standard InChI is InChI=1S/C11H7F3O/c12-11(13,14)6-5-9-7-8-3-1-2-4-10(8)15-9/h1-7H/b6-5+. The fourth-order valence-corrected chi connectivity index (χ4v) is 1.26. The van der Waals surface area contributed by atoms with Gasteiger partial charge in [0, 0.05) is 11.5 Å². The number of allylic oxidation sites excluding steroid dienone is 1. The average Bonchev–Trinajstić information content (AvgIpc) is 2.56. The number of hydrogen-bond acceptors (Lipinski definition) is 1. The average molecular weight is 212 g/mol. The summed E-state index contributed by atoms with van der Waals surface area (Å²) in [5, 5.41) is 0.791. The van der Waals surface area contributed by atoms with Crippen molar-refractivity contribution >= 4 is 17.0 Å². The van der Waals surface area contributed by atoms with Crippen molar-refractivity contribution < 1.29 is 17.6 Å². The molecule has 0 amide bonds. The molecule has 0 fully saturated rings. The summed E-state index contributed by atoms with van der Waals surface area (Å²) in [6.07, 6.45) is -3.23. The molecule has 0 saturated heterocycles. The summed E-state index contributed by atoms with van der Waals surface area (Å²) in [4.78, 5) is 0. The lowest BCUT2D eigenvalue weighted by atomic mass is 10.2. The lowest BCUT2D eigenvalue weighted by Crippen LogP contribution is -1.99. The summed E-state index contributed by atoms with van der Waals surface area (Å²) in [5.41, 5.74) is 0.583. The highest BCUT2D eigenvalue weighted by Crippen LogP contribution is 2.22. The number of fused-ring (bicyclic) bond motifs is 1. The van der Waals surface area contributed by atoms with Gasteiger partial charge in [-0.1, -0.05) is 18.2 Å². The van der Waals surface area contributed by atoms with E-state index in [1.807, 2.05) is 0 Å². The van der Waals surface area contributed by atoms with Gasteiger partial charge in [-0.15, -0.1) is 0 Å². The van der Waals surface area contributed by atoms with Crippen LogP contribution in [0.5, 0.6) is 0 Å². The van der Waals surface area contributed by atoms with E-state index in [0.717, 1.165) is 11.5 Å². The fourth-order valence-electron chi connectivity index (χ4n) is 1.26. The van der Waals surface area contributed by atoms with E-state index in [1.165, 1.54) is 0 Å². The quantitative estimate of drug-likeness (QED) is 0.696. The second kappa shape index (κ2) is 3.46. The van der Waals surface area contributed by atoms with Crippen LogP contribution in [0.15, 0.2) is 40.8 Å². The Morgan fingerprint density at radius 3 is 2.53 bits per heavy atom. The predicted octanol–water partition coefficient (Wildman–Crippen LogP) is 4.01. The summed E-state index contributed by atoms with van der Waals surface area (Å²) in [7, 11) is 0. The Kier molecular flexibility index (Phi) is 2.26. The third kappa shape index (κ3) is 2.40. The van der Waals surface area contributed by atoms with Crippen LogP contribution in [0.25, 0.3) is 17.0 Å². The second-order valence-electron chi connectivity index (χ2n) is 3.06. The zero-order chi connectivity index (χ0) is 10.9. The number of hydrogen-bond donors (Lipinski definition) is 0. The molecule has 15 heavy (non-hydrogen) atoms. The first-order valence-corrected chi connectivity index (χ1v) is 4.29. The molecule has 0 radical (unpaired) electrons. The van der Waals surface area contributed by atoms with Crippen LogP contribution in [-0.2, 0) is 0 Å². The van der Waals surface area contributed by atoms with Gasteiger partial charge in [0.25, 0.3) is 0 Å². The lowest BCUT2D eigenvalue weighted by molar-refractivity contribution is -0.0791. The maximum atomic E-state index is 11.9. The Morgan fingerprint density at radius 1 is 1.13 bits per heavy atom. The lowest BCUT2D eigenvalue weighted by Gasteiger charge is -1.95. The van der Waals surface area contributed by atoms with Gasteiger partial charge in [-0.3, -0.25) is 0 Å². The van der Waals surface area contributed by atoms with Crippen LogP contribution in [0.3, 0.4) is 0 Å². The molecule has 1 heterocycles. The summed E-state index contributed by atoms with van der Waals surface area (Å²) in [6, 6.07) is 8.62. The van der Waals surface area contributed by atoms with Crippen LogP contribution in [0, 0.1) is 0 Å². The number of para-hydroxylation sites is 1. The van der Waals surface area contributed by atoms with Crippen molar-refractivity contribution in [2.45, 2.75) is 6.18 Å². The molecule has 0 spiro atoms. The maximum Gasteiger partial charge on any atom is 0.409 e. The Balaban J connectivity index is 2.34. The van der Waals surface area contributed by atoms with Crippen LogP contribution < -0.4 is 0 Å². The molecule has 1 nitrogen and oxygen atoms in total. The number of furan rings is 1. The largest absolute Gasteiger partial charge is 0.457 e. The Morgan fingerprint density at radius 2 is 1.87 bits per heavy atom. The van der Waals surface area contributed by atoms with E-state index in [9.17, 15) is 13.2 Å². The predicted molar refractivity (Wildman–Crippen MR) is 51.3 cm³/mol. The van der Waals surface area contributed by atoms with Gasteiger partial charge in [-0.2, -0.15) is 13.2 Å². The molecule has 0 aliphatic carbocycles. The molecule has 0 saturated carbocycles. The first-order valence-electron chi connectivity index (χ1n) is 4.29. The van der Waals surface area contributed by atoms with Crippen LogP contribution in [0.2, 0.25) is 0 Å². The molecule has 4 heteroatoms. The molecule has 0 atom stereocenters. The molecule has 78 valence electrons. The van der Waals surface area contributed by atoms with E-state index in [1.54, 1.807) is 30.3 Å². The Labute approximate surface area is 83.8 Å². The van der Waals surface area contributed by atoms with Gasteiger partial charge in [0.05, 0.1) is 0 Å². The van der Waals surface area contributed by atoms with E-state index in [-0.39, 0.29) is 11.8 Å². The van der Waals surface area contributed by atoms with E-state index in [0.29, 0.717) is 5.58 Å². The third-order valence-corrected chi connectivity index (χ3v) is 1.88. The van der Waals surface area contributed by atoms with E-state index < -0.39 is 6.18 Å². The normalized spacial score (nSPS) is 12.7. The molecule has 0 N–H and O–H groups in total. The molecule has 0 bridgehead atoms. The zero-order valence-electron chi connectivity index (χ0n) is 7.58. The smallest absolute Gasteiger partial charge is 0.409 e. The second-order valence-corrected chi connectivity index (χ2v) is 3.06. The molecular weight excluding hydrogens is 205 g/mol. The van der Waals surface area contributed by atoms with Gasteiger partial charge < -0.3 is 4.42 Å². The van der Waals surface area contributed by atoms with Crippen molar-refractivity contribution in [2.24, 2.45) is 0 Å². The number of alkyl halides is 3. The van der Waals surface area contributed by atoms with Gasteiger partial charge in [-0.25, -0.2) is 0 Å². The Bertz CT molecular complexity index is 461. The number of halogens is 3. The molecular formula is C11H7F3O. The number of benzene rings is 1. The SMILES string of the molecule is FC(F)(F)/C=C/c1cc2ccccc2o1. The van der Waals surface area contributed by atoms with Gasteiger partial charge >= 0.3 is 6.18 Å². The molecule has 1 aromatic heterocycles. The molecule has 0 aliphatic heterocycles. The highest BCUT2D eigenvalue weighted by molar-refractivity contribution is 5.79. The Hall–Kier alpha value is -1.71. The van der Waals surface area contributed by atoms with Crippen LogP contribution in [0.4, 0.5) is 13.2 Å². The summed E-state index contributed by atoms with van der Waals surface area (Å²) in [6.45, 7) is 0. The maximum absolute atomic E-state index is 11.9. The van der Waals surface area contributed by atoms with Crippen molar-refractivity contribution in [2.75, 3.05) is 0 Å². The van der Waals surface area contributed by atoms with Gasteiger partial charge in [0.1, 0.15) is 11.3 Å². The first-order chi connectivity index (χ1) is 7.04. The van der Waals surface area contributed by atoms with E-state index >= 15 is 0 Å². The van der Waals surface area contributed by atoms with E-state index in [2.05, 4.69) is 0 Å². The van der Waals surface area contributed by atoms with E-state index in [4.69, 9.17) is 4.42 Å². The van der Waals surface area contributed by atoms with Crippen LogP contribution in [-0.4, -0.2) is 6.18 Å². The van der Waals surface area contributed by atoms with Crippen molar-refractivity contribution in [1.29, 1.82) is 0 Å². The molecule has 2 rings (SSSR count). The van der Waals surface area contributed by atoms with Crippen molar-refractivity contribution in [1.82, 2.24) is 0 Å². The van der Waals surface area contributed by atoms with Gasteiger partial charge in [0.2, 0.25) is 0 Å². The molecule has 1 aromatic carbocycles. The van der Waals surface area contributed by atoms with Gasteiger partial charge in [-0.05, 0) is 18.2 Å². The highest BCUT2D eigenvalue weighted by Gasteiger charge is 2.22.